The number of fused-ring (bicyclic) bond motifs is 6. The first-order valence-electron chi connectivity index (χ1n) is 46.2. The van der Waals surface area contributed by atoms with Crippen molar-refractivity contribution in [3.8, 4) is 0 Å². The first kappa shape index (κ1) is 92.5. The summed E-state index contributed by atoms with van der Waals surface area (Å²) in [6.07, 6.45) is 8.68. The molecule has 6 atom stereocenters. The number of nitrogens with one attached hydrogen (secondary N) is 12. The van der Waals surface area contributed by atoms with Gasteiger partial charge in [-0.2, -0.15) is 41.9 Å². The van der Waals surface area contributed by atoms with Gasteiger partial charge in [0.05, 0.1) is 28.0 Å². The SMILES string of the molecule is Cc1[nH]nc2c1C(c1ccc(Cl)s1)C1=C(CC(C)(C)CC1=O)N2.Cc1[nH]nc2c1C(c1ccccc1F)C1=C(CC(C)(C)CC1=O)N2.Cc1[nH]nc2c1C(c1cccs1)C1=C(CC(C)(C)CC1=O)N2.Cc1[nH]nc2c1C(c1ccsc1)C1=C(CC(C)(C)CC1=O)N2.Cc1[nH]nc2c1[C@@H](c1cccs1)C1=C(CC(C)(C)CC1=O)N2.Cc1[nH]nc2c1[C@H](c1cccs1)C1=C(CC(C)(C)CC1=O)N2. The van der Waals surface area contributed by atoms with E-state index in [4.69, 9.17) is 11.6 Å². The average molecular weight is 1930 g/mol. The Hall–Kier alpha value is -11.5. The normalized spacial score (nSPS) is 22.8. The number of allylic oxidation sites excluding steroid dienone is 12. The van der Waals surface area contributed by atoms with Gasteiger partial charge in [0.15, 0.2) is 69.6 Å². The quantitative estimate of drug-likeness (QED) is 0.0736. The van der Waals surface area contributed by atoms with Crippen LogP contribution >= 0.6 is 68.3 Å². The number of ketones is 6. The molecule has 0 radical (unpaired) electrons. The van der Waals surface area contributed by atoms with Crippen molar-refractivity contribution in [3.05, 3.63) is 282 Å². The van der Waals surface area contributed by atoms with Gasteiger partial charge >= 0.3 is 0 Å². The zero-order chi connectivity index (χ0) is 95.3. The molecule has 12 aromatic rings. The van der Waals surface area contributed by atoms with E-state index in [9.17, 15) is 33.2 Å². The third-order valence-electron chi connectivity index (χ3n) is 28.0. The Morgan fingerprint density at radius 2 is 0.563 bits per heavy atom. The van der Waals surface area contributed by atoms with Crippen LogP contribution in [0.15, 0.2) is 173 Å². The Morgan fingerprint density at radius 3 is 0.815 bits per heavy atom. The maximum atomic E-state index is 14.6. The number of anilines is 6. The fraction of sp³-hybridized carbons (Fsp3) is 0.404. The van der Waals surface area contributed by atoms with E-state index in [2.05, 4.69) is 246 Å². The minimum Gasteiger partial charge on any atom is -0.342 e. The molecule has 4 unspecified atom stereocenters. The molecular weight excluding hydrogens is 1810 g/mol. The van der Waals surface area contributed by atoms with Gasteiger partial charge in [0.25, 0.3) is 0 Å². The summed E-state index contributed by atoms with van der Waals surface area (Å²) in [5, 5.41) is 75.5. The lowest BCUT2D eigenvalue weighted by Gasteiger charge is -2.38. The number of carbonyl (C=O) groups is 6. The number of Topliss-reactive ketones (excluding diaryl/α,β-unsaturated/α-hetero) is 6. The minimum atomic E-state index is -0.403. The van der Waals surface area contributed by atoms with Gasteiger partial charge in [0, 0.05) is 211 Å². The summed E-state index contributed by atoms with van der Waals surface area (Å²) in [6.45, 7) is 37.7. The van der Waals surface area contributed by atoms with Gasteiger partial charge in [0.1, 0.15) is 5.82 Å². The highest BCUT2D eigenvalue weighted by atomic mass is 35.5. The van der Waals surface area contributed by atoms with Gasteiger partial charge in [-0.3, -0.25) is 59.4 Å². The van der Waals surface area contributed by atoms with E-state index in [1.165, 1.54) is 37.6 Å². The molecular formula is C104H114ClFN18O6S5. The number of carbonyl (C=O) groups excluding carboxylic acids is 6. The van der Waals surface area contributed by atoms with Gasteiger partial charge in [-0.05, 0) is 187 Å². The monoisotopic (exact) mass is 1920 g/mol. The molecule has 0 spiro atoms. The number of hydrogen-bond acceptors (Lipinski definition) is 23. The van der Waals surface area contributed by atoms with Crippen molar-refractivity contribution < 1.29 is 33.2 Å². The topological polar surface area (TPSA) is 347 Å². The van der Waals surface area contributed by atoms with E-state index in [1.54, 1.807) is 57.5 Å². The second kappa shape index (κ2) is 34.9. The fourth-order valence-electron chi connectivity index (χ4n) is 22.5. The predicted octanol–water partition coefficient (Wildman–Crippen LogP) is 24.6. The maximum absolute atomic E-state index is 14.6. The molecule has 11 aromatic heterocycles. The second-order valence-corrected chi connectivity index (χ2v) is 48.2. The standard InChI is InChI=1S/C19H20FN3O.C17H18ClN3OS.4C17H19N3OS/c1-10-15-16(11-6-4-5-7-12(11)20)17-13(21-18(15)23-22-10)8-19(2,3)9-14(17)24;1-8-13-15(11-4-5-12(18)23-11)14-9(19-16(13)21-20-8)6-17(2,3)7-10(14)22;1-9-13-14(10-4-5-22-8-10)15-11(18-16(13)20-19-9)6-17(2,3)7-12(15)21;3*1-9-13-15(12-5-4-6-22-12)14-10(18-16(13)20-19-9)7-17(2,3)8-11(14)21/h4-7,16H,8-9H2,1-3H3,(H2,21,22,23);4-5,15H,6-7H2,1-3H3,(H2,19,20,21);4-5,8,14H,6-7H2,1-3H3,(H2,18,19,20);3*4-6,15H,7-8H2,1-3H3,(H2,18,19,20)/t;;;2*15-;/m...10./s1. The second-order valence-electron chi connectivity index (χ2n) is 42.8. The lowest BCUT2D eigenvalue weighted by atomic mass is 9.69. The van der Waals surface area contributed by atoms with Crippen LogP contribution in [-0.2, 0) is 28.8 Å². The Labute approximate surface area is 809 Å². The Bertz CT molecular complexity index is 6450. The molecule has 24 nitrogen and oxygen atoms in total. The van der Waals surface area contributed by atoms with Crippen molar-refractivity contribution in [2.45, 2.75) is 237 Å². The van der Waals surface area contributed by atoms with Crippen molar-refractivity contribution >= 4 is 138 Å². The molecule has 700 valence electrons. The molecule has 24 rings (SSSR count). The summed E-state index contributed by atoms with van der Waals surface area (Å²) >= 11 is 14.5. The summed E-state index contributed by atoms with van der Waals surface area (Å²) in [6, 6.07) is 25.2. The third-order valence-corrected chi connectivity index (χ3v) is 32.8. The van der Waals surface area contributed by atoms with Crippen molar-refractivity contribution in [2.75, 3.05) is 31.9 Å². The number of nitrogens with zero attached hydrogens (tertiary/aromatic N) is 6. The van der Waals surface area contributed by atoms with Gasteiger partial charge in [-0.1, -0.05) is 131 Å². The molecule has 0 saturated heterocycles. The lowest BCUT2D eigenvalue weighted by Crippen LogP contribution is -2.34. The summed E-state index contributed by atoms with van der Waals surface area (Å²) in [7, 11) is 0. The van der Waals surface area contributed by atoms with Crippen molar-refractivity contribution in [1.29, 1.82) is 0 Å². The van der Waals surface area contributed by atoms with Crippen LogP contribution in [0.2, 0.25) is 4.34 Å². The molecule has 12 N–H and O–H groups in total. The van der Waals surface area contributed by atoms with E-state index in [-0.39, 0.29) is 103 Å². The molecule has 31 heteroatoms. The Kier molecular flexibility index (Phi) is 23.9. The summed E-state index contributed by atoms with van der Waals surface area (Å²) < 4.78 is 15.3. The number of aryl methyl sites for hydroxylation is 6. The van der Waals surface area contributed by atoms with Crippen LogP contribution in [0, 0.1) is 79.8 Å². The summed E-state index contributed by atoms with van der Waals surface area (Å²) in [4.78, 5) is 82.1. The van der Waals surface area contributed by atoms with Crippen molar-refractivity contribution in [1.82, 2.24) is 61.2 Å². The van der Waals surface area contributed by atoms with E-state index in [1.807, 2.05) is 59.7 Å². The molecule has 0 saturated carbocycles. The summed E-state index contributed by atoms with van der Waals surface area (Å²) in [5.41, 5.74) is 25.5. The number of H-pyrrole nitrogens is 6. The van der Waals surface area contributed by atoms with E-state index < -0.39 is 5.92 Å². The molecule has 6 aliphatic heterocycles. The van der Waals surface area contributed by atoms with Gasteiger partial charge in [0.2, 0.25) is 0 Å². The van der Waals surface area contributed by atoms with E-state index in [0.717, 1.165) is 206 Å². The molecule has 17 heterocycles. The molecule has 135 heavy (non-hydrogen) atoms. The van der Waals surface area contributed by atoms with Crippen molar-refractivity contribution in [2.24, 2.45) is 32.5 Å². The van der Waals surface area contributed by atoms with Gasteiger partial charge in [-0.25, -0.2) is 4.39 Å². The van der Waals surface area contributed by atoms with Crippen molar-refractivity contribution in [3.63, 3.8) is 0 Å². The number of halogens is 2. The largest absolute Gasteiger partial charge is 0.342 e. The molecule has 0 amide bonds. The fourth-order valence-corrected chi connectivity index (χ4v) is 26.9. The lowest BCUT2D eigenvalue weighted by molar-refractivity contribution is -0.119. The maximum Gasteiger partial charge on any atom is 0.162 e. The number of aromatic nitrogens is 12. The number of benzene rings is 1. The Balaban J connectivity index is 0.000000104. The zero-order valence-electron chi connectivity index (χ0n) is 79.3. The molecule has 1 aromatic carbocycles. The van der Waals surface area contributed by atoms with E-state index >= 15 is 0 Å². The highest BCUT2D eigenvalue weighted by molar-refractivity contribution is 7.16. The van der Waals surface area contributed by atoms with Crippen LogP contribution in [0.25, 0.3) is 0 Å². The van der Waals surface area contributed by atoms with Crippen LogP contribution in [-0.4, -0.2) is 95.9 Å². The smallest absolute Gasteiger partial charge is 0.162 e. The predicted molar refractivity (Wildman–Crippen MR) is 536 cm³/mol. The first-order chi connectivity index (χ1) is 64.1. The molecule has 0 bridgehead atoms. The van der Waals surface area contributed by atoms with Crippen LogP contribution in [0.3, 0.4) is 0 Å². The number of rotatable bonds is 6. The minimum absolute atomic E-state index is 0.00493. The first-order valence-corrected chi connectivity index (χ1v) is 51.0. The number of hydrogen-bond donors (Lipinski definition) is 12. The van der Waals surface area contributed by atoms with Gasteiger partial charge < -0.3 is 31.9 Å². The highest BCUT2D eigenvalue weighted by Gasteiger charge is 2.51. The zero-order valence-corrected chi connectivity index (χ0v) is 84.1. The van der Waals surface area contributed by atoms with Crippen LogP contribution in [0.1, 0.15) is 294 Å². The third kappa shape index (κ3) is 17.5. The Morgan fingerprint density at radius 1 is 0.304 bits per heavy atom. The number of thiophene rings is 5. The molecule has 0 fully saturated rings. The highest BCUT2D eigenvalue weighted by Crippen LogP contribution is 2.58. The van der Waals surface area contributed by atoms with E-state index in [0.29, 0.717) is 55.5 Å². The molecule has 6 aliphatic carbocycles. The number of aromatic amines is 6. The average Bonchev–Trinajstić information content (AvgIpc) is 1.60. The summed E-state index contributed by atoms with van der Waals surface area (Å²) in [5.74, 6) is 5.73. The van der Waals surface area contributed by atoms with Crippen LogP contribution < -0.4 is 31.9 Å². The van der Waals surface area contributed by atoms with Gasteiger partial charge in [-0.15, -0.1) is 45.3 Å². The van der Waals surface area contributed by atoms with Crippen LogP contribution in [0.4, 0.5) is 39.3 Å². The molecule has 12 aliphatic rings. The van der Waals surface area contributed by atoms with Crippen LogP contribution in [0.5, 0.6) is 0 Å².